The first kappa shape index (κ1) is 14.5. The summed E-state index contributed by atoms with van der Waals surface area (Å²) in [5.41, 5.74) is 0. The van der Waals surface area contributed by atoms with Gasteiger partial charge in [-0.25, -0.2) is 9.67 Å². The summed E-state index contributed by atoms with van der Waals surface area (Å²) in [4.78, 5) is 29.7. The largest absolute Gasteiger partial charge is 0.466 e. The van der Waals surface area contributed by atoms with E-state index in [2.05, 4.69) is 10.1 Å². The van der Waals surface area contributed by atoms with Crippen molar-refractivity contribution in [1.29, 1.82) is 0 Å². The molecule has 0 saturated carbocycles. The molecular weight excluding hydrogens is 260 g/mol. The summed E-state index contributed by atoms with van der Waals surface area (Å²) in [6, 6.07) is -0.404. The third-order valence-corrected chi connectivity index (χ3v) is 3.54. The number of aromatic nitrogens is 3. The summed E-state index contributed by atoms with van der Waals surface area (Å²) in [7, 11) is 0. The Labute approximate surface area is 117 Å². The Morgan fingerprint density at radius 1 is 1.50 bits per heavy atom. The maximum Gasteiger partial charge on any atom is 0.310 e. The maximum absolute atomic E-state index is 12.4. The average Bonchev–Trinajstić information content (AvgIpc) is 3.00. The third kappa shape index (κ3) is 3.15. The lowest BCUT2D eigenvalue weighted by atomic mass is 9.97. The Bertz CT molecular complexity index is 460. The highest BCUT2D eigenvalue weighted by molar-refractivity contribution is 5.81. The molecule has 0 N–H and O–H groups in total. The normalized spacial score (nSPS) is 20.5. The highest BCUT2D eigenvalue weighted by atomic mass is 16.5. The Kier molecular flexibility index (Phi) is 4.70. The van der Waals surface area contributed by atoms with Gasteiger partial charge in [-0.05, 0) is 26.7 Å². The van der Waals surface area contributed by atoms with Crippen LogP contribution in [-0.4, -0.2) is 51.2 Å². The molecule has 1 fully saturated rings. The molecule has 1 unspecified atom stereocenters. The van der Waals surface area contributed by atoms with E-state index in [0.717, 1.165) is 12.8 Å². The minimum absolute atomic E-state index is 0.0375. The number of hydrogen-bond donors (Lipinski definition) is 0. The number of carbonyl (C=O) groups is 2. The van der Waals surface area contributed by atoms with Crippen molar-refractivity contribution in [3.05, 3.63) is 12.7 Å². The molecule has 1 amide bonds. The van der Waals surface area contributed by atoms with Crippen LogP contribution in [0.15, 0.2) is 12.7 Å². The number of nitrogens with zero attached hydrogens (tertiary/aromatic N) is 4. The fourth-order valence-corrected chi connectivity index (χ4v) is 2.42. The van der Waals surface area contributed by atoms with Gasteiger partial charge in [0.15, 0.2) is 0 Å². The van der Waals surface area contributed by atoms with Crippen molar-refractivity contribution >= 4 is 11.9 Å². The molecule has 1 aromatic heterocycles. The van der Waals surface area contributed by atoms with E-state index >= 15 is 0 Å². The van der Waals surface area contributed by atoms with Gasteiger partial charge in [-0.3, -0.25) is 9.59 Å². The Morgan fingerprint density at radius 3 is 2.95 bits per heavy atom. The molecule has 2 heterocycles. The van der Waals surface area contributed by atoms with Gasteiger partial charge in [0.05, 0.1) is 12.5 Å². The molecule has 1 aliphatic rings. The first-order chi connectivity index (χ1) is 9.63. The van der Waals surface area contributed by atoms with Crippen LogP contribution < -0.4 is 0 Å². The van der Waals surface area contributed by atoms with Crippen molar-refractivity contribution in [2.45, 2.75) is 32.7 Å². The minimum atomic E-state index is -0.404. The van der Waals surface area contributed by atoms with Crippen LogP contribution in [0.1, 0.15) is 32.7 Å². The van der Waals surface area contributed by atoms with E-state index in [1.54, 1.807) is 18.7 Å². The van der Waals surface area contributed by atoms with Gasteiger partial charge < -0.3 is 9.64 Å². The van der Waals surface area contributed by atoms with Crippen molar-refractivity contribution < 1.29 is 14.3 Å². The summed E-state index contributed by atoms with van der Waals surface area (Å²) in [5, 5.41) is 3.98. The molecule has 0 bridgehead atoms. The number of hydrogen-bond acceptors (Lipinski definition) is 5. The first-order valence-electron chi connectivity index (χ1n) is 6.93. The van der Waals surface area contributed by atoms with Crippen LogP contribution >= 0.6 is 0 Å². The number of piperidine rings is 1. The molecule has 1 aromatic rings. The van der Waals surface area contributed by atoms with E-state index in [-0.39, 0.29) is 17.8 Å². The summed E-state index contributed by atoms with van der Waals surface area (Å²) >= 11 is 0. The van der Waals surface area contributed by atoms with Gasteiger partial charge in [0.1, 0.15) is 18.7 Å². The second kappa shape index (κ2) is 6.49. The molecular formula is C13H20N4O3. The van der Waals surface area contributed by atoms with E-state index in [9.17, 15) is 9.59 Å². The van der Waals surface area contributed by atoms with Gasteiger partial charge in [-0.15, -0.1) is 0 Å². The first-order valence-corrected chi connectivity index (χ1v) is 6.93. The second-order valence-electron chi connectivity index (χ2n) is 4.93. The zero-order valence-electron chi connectivity index (χ0n) is 11.9. The quantitative estimate of drug-likeness (QED) is 0.756. The predicted octanol–water partition coefficient (Wildman–Crippen LogP) is 0.641. The topological polar surface area (TPSA) is 77.3 Å². The van der Waals surface area contributed by atoms with E-state index in [0.29, 0.717) is 19.7 Å². The molecule has 20 heavy (non-hydrogen) atoms. The standard InChI is InChI=1S/C13H20N4O3/c1-3-20-13(19)11-5-4-6-16(7-11)12(18)10(2)17-9-14-8-15-17/h8-11H,3-7H2,1-2H3/t10?,11-/m1/s1. The van der Waals surface area contributed by atoms with Crippen LogP contribution in [-0.2, 0) is 14.3 Å². The van der Waals surface area contributed by atoms with E-state index in [1.807, 2.05) is 0 Å². The van der Waals surface area contributed by atoms with E-state index < -0.39 is 6.04 Å². The highest BCUT2D eigenvalue weighted by Crippen LogP contribution is 2.20. The SMILES string of the molecule is CCOC(=O)[C@@H]1CCCN(C(=O)C(C)n2cncn2)C1. The van der Waals surface area contributed by atoms with Crippen molar-refractivity contribution in [2.24, 2.45) is 5.92 Å². The lowest BCUT2D eigenvalue weighted by Gasteiger charge is -2.33. The van der Waals surface area contributed by atoms with Gasteiger partial charge in [-0.2, -0.15) is 5.10 Å². The molecule has 0 aromatic carbocycles. The molecule has 2 atom stereocenters. The number of amides is 1. The maximum atomic E-state index is 12.4. The fraction of sp³-hybridized carbons (Fsp3) is 0.692. The highest BCUT2D eigenvalue weighted by Gasteiger charge is 2.31. The van der Waals surface area contributed by atoms with E-state index in [4.69, 9.17) is 4.74 Å². The van der Waals surface area contributed by atoms with Crippen LogP contribution in [0.2, 0.25) is 0 Å². The number of ether oxygens (including phenoxy) is 1. The molecule has 0 spiro atoms. The number of likely N-dealkylation sites (tertiary alicyclic amines) is 1. The molecule has 0 aliphatic carbocycles. The van der Waals surface area contributed by atoms with Gasteiger partial charge in [-0.1, -0.05) is 0 Å². The van der Waals surface area contributed by atoms with Gasteiger partial charge >= 0.3 is 5.97 Å². The summed E-state index contributed by atoms with van der Waals surface area (Å²) in [5.74, 6) is -0.460. The van der Waals surface area contributed by atoms with Crippen molar-refractivity contribution in [3.63, 3.8) is 0 Å². The van der Waals surface area contributed by atoms with Crippen LogP contribution in [0.4, 0.5) is 0 Å². The summed E-state index contributed by atoms with van der Waals surface area (Å²) in [6.07, 6.45) is 4.52. The molecule has 2 rings (SSSR count). The summed E-state index contributed by atoms with van der Waals surface area (Å²) in [6.45, 7) is 5.05. The van der Waals surface area contributed by atoms with Crippen LogP contribution in [0, 0.1) is 5.92 Å². The number of esters is 1. The van der Waals surface area contributed by atoms with Crippen molar-refractivity contribution in [2.75, 3.05) is 19.7 Å². The molecule has 0 radical (unpaired) electrons. The molecule has 7 nitrogen and oxygen atoms in total. The van der Waals surface area contributed by atoms with Gasteiger partial charge in [0.2, 0.25) is 5.91 Å². The van der Waals surface area contributed by atoms with E-state index in [1.165, 1.54) is 17.3 Å². The third-order valence-electron chi connectivity index (χ3n) is 3.54. The lowest BCUT2D eigenvalue weighted by Crippen LogP contribution is -2.45. The van der Waals surface area contributed by atoms with Crippen LogP contribution in [0.3, 0.4) is 0 Å². The predicted molar refractivity (Wildman–Crippen MR) is 70.7 cm³/mol. The van der Waals surface area contributed by atoms with Crippen molar-refractivity contribution in [3.8, 4) is 0 Å². The Morgan fingerprint density at radius 2 is 2.30 bits per heavy atom. The fourth-order valence-electron chi connectivity index (χ4n) is 2.42. The number of rotatable bonds is 4. The zero-order chi connectivity index (χ0) is 14.5. The van der Waals surface area contributed by atoms with Gasteiger partial charge in [0, 0.05) is 13.1 Å². The minimum Gasteiger partial charge on any atom is -0.466 e. The van der Waals surface area contributed by atoms with Crippen molar-refractivity contribution in [1.82, 2.24) is 19.7 Å². The van der Waals surface area contributed by atoms with Crippen LogP contribution in [0.5, 0.6) is 0 Å². The zero-order valence-corrected chi connectivity index (χ0v) is 11.9. The summed E-state index contributed by atoms with van der Waals surface area (Å²) < 4.78 is 6.56. The molecule has 1 saturated heterocycles. The second-order valence-corrected chi connectivity index (χ2v) is 4.93. The Hall–Kier alpha value is -1.92. The number of carbonyl (C=O) groups excluding carboxylic acids is 2. The monoisotopic (exact) mass is 280 g/mol. The average molecular weight is 280 g/mol. The lowest BCUT2D eigenvalue weighted by molar-refractivity contribution is -0.151. The smallest absolute Gasteiger partial charge is 0.310 e. The molecule has 1 aliphatic heterocycles. The van der Waals surface area contributed by atoms with Crippen LogP contribution in [0.25, 0.3) is 0 Å². The molecule has 110 valence electrons. The Balaban J connectivity index is 1.98. The van der Waals surface area contributed by atoms with Gasteiger partial charge in [0.25, 0.3) is 0 Å². The molecule has 7 heteroatoms.